The predicted molar refractivity (Wildman–Crippen MR) is 84.5 cm³/mol. The van der Waals surface area contributed by atoms with Gasteiger partial charge in [-0.1, -0.05) is 0 Å². The van der Waals surface area contributed by atoms with Crippen LogP contribution in [0.25, 0.3) is 0 Å². The number of rotatable bonds is 4. The van der Waals surface area contributed by atoms with Gasteiger partial charge in [-0.15, -0.1) is 0 Å². The number of benzene rings is 2. The number of hydrogen-bond donors (Lipinski definition) is 0. The summed E-state index contributed by atoms with van der Waals surface area (Å²) in [5.41, 5.74) is 2.34. The minimum absolute atomic E-state index is 0.159. The molecule has 0 bridgehead atoms. The Balaban J connectivity index is 1.82. The Hall–Kier alpha value is -1.34. The van der Waals surface area contributed by atoms with Gasteiger partial charge in [-0.05, 0) is 0 Å². The molecule has 1 aliphatic rings. The van der Waals surface area contributed by atoms with Gasteiger partial charge in [0.25, 0.3) is 0 Å². The quantitative estimate of drug-likeness (QED) is 0.618. The first-order chi connectivity index (χ1) is 9.78. The summed E-state index contributed by atoms with van der Waals surface area (Å²) < 4.78 is 7.60. The van der Waals surface area contributed by atoms with Gasteiger partial charge in [0.2, 0.25) is 0 Å². The fraction of sp³-hybridized carbons (Fsp3) is 0.222. The van der Waals surface area contributed by atoms with Crippen LogP contribution in [0.5, 0.6) is 0 Å². The maximum absolute atomic E-state index is 6.18. The van der Waals surface area contributed by atoms with Gasteiger partial charge in [-0.25, -0.2) is 0 Å². The van der Waals surface area contributed by atoms with Gasteiger partial charge in [-0.2, -0.15) is 0 Å². The number of ether oxygens (including phenoxy) is 1. The molecule has 0 aliphatic carbocycles. The molecule has 2 aromatic rings. The molecular weight excluding hydrogens is 311 g/mol. The molecule has 2 aromatic carbocycles. The molecule has 0 amide bonds. The molecule has 1 aliphatic heterocycles. The van der Waals surface area contributed by atoms with Crippen molar-refractivity contribution in [2.45, 2.75) is 17.3 Å². The van der Waals surface area contributed by atoms with E-state index >= 15 is 0 Å². The van der Waals surface area contributed by atoms with E-state index in [-0.39, 0.29) is 5.60 Å². The summed E-state index contributed by atoms with van der Waals surface area (Å²) in [6.07, 6.45) is 0.950. The summed E-state index contributed by atoms with van der Waals surface area (Å²) in [5.74, 6) is 0. The summed E-state index contributed by atoms with van der Waals surface area (Å²) >= 11 is 0.418. The van der Waals surface area contributed by atoms with E-state index in [0.29, 0.717) is 21.6 Å². The molecule has 20 heavy (non-hydrogen) atoms. The maximum atomic E-state index is 6.18. The summed E-state index contributed by atoms with van der Waals surface area (Å²) in [5, 5.41) is 1.06. The van der Waals surface area contributed by atoms with Crippen molar-refractivity contribution < 1.29 is 4.74 Å². The van der Waals surface area contributed by atoms with Crippen LogP contribution < -0.4 is 4.46 Å². The third-order valence-corrected chi connectivity index (χ3v) is 6.15. The van der Waals surface area contributed by atoms with Crippen LogP contribution in [0.15, 0.2) is 72.8 Å². The average molecular weight is 329 g/mol. The summed E-state index contributed by atoms with van der Waals surface area (Å²) in [6, 6.07) is 21.3. The Morgan fingerprint density at radius 1 is 1.00 bits per heavy atom. The van der Waals surface area contributed by atoms with Gasteiger partial charge in [0.15, 0.2) is 0 Å². The molecule has 1 unspecified atom stereocenters. The molecule has 1 saturated heterocycles. The first-order valence-electron chi connectivity index (χ1n) is 6.82. The fourth-order valence-electron chi connectivity index (χ4n) is 2.57. The molecule has 1 nitrogen and oxygen atoms in total. The predicted octanol–water partition coefficient (Wildman–Crippen LogP) is 3.31. The van der Waals surface area contributed by atoms with Crippen molar-refractivity contribution in [2.75, 3.05) is 6.61 Å². The van der Waals surface area contributed by atoms with E-state index in [0.717, 1.165) is 11.7 Å². The third-order valence-electron chi connectivity index (χ3n) is 3.60. The second-order valence-electron chi connectivity index (χ2n) is 5.18. The van der Waals surface area contributed by atoms with Crippen LogP contribution in [-0.2, 0) is 10.3 Å². The SMILES string of the molecule is C=C1COC(C[Se]c2ccccc2)(c2ccccc2)C1. The van der Waals surface area contributed by atoms with Gasteiger partial charge in [-0.3, -0.25) is 0 Å². The molecule has 0 spiro atoms. The van der Waals surface area contributed by atoms with Crippen molar-refractivity contribution in [3.63, 3.8) is 0 Å². The average Bonchev–Trinajstić information content (AvgIpc) is 2.90. The van der Waals surface area contributed by atoms with E-state index < -0.39 is 0 Å². The zero-order chi connectivity index (χ0) is 13.8. The Morgan fingerprint density at radius 3 is 2.25 bits per heavy atom. The van der Waals surface area contributed by atoms with Crippen LogP contribution in [0.3, 0.4) is 0 Å². The standard InChI is InChI=1S/C18H18OSe/c1-15-12-18(19-13-15,16-8-4-2-5-9-16)14-20-17-10-6-3-7-11-17/h2-11H,1,12-14H2. The zero-order valence-electron chi connectivity index (χ0n) is 11.4. The Morgan fingerprint density at radius 2 is 1.65 bits per heavy atom. The Bertz CT molecular complexity index is 579. The zero-order valence-corrected chi connectivity index (χ0v) is 13.1. The van der Waals surface area contributed by atoms with E-state index in [1.54, 1.807) is 0 Å². The van der Waals surface area contributed by atoms with Crippen molar-refractivity contribution in [2.24, 2.45) is 0 Å². The van der Waals surface area contributed by atoms with Gasteiger partial charge in [0.1, 0.15) is 0 Å². The molecule has 0 radical (unpaired) electrons. The monoisotopic (exact) mass is 330 g/mol. The summed E-state index contributed by atoms with van der Waals surface area (Å²) in [4.78, 5) is 0. The molecule has 0 aromatic heterocycles. The summed E-state index contributed by atoms with van der Waals surface area (Å²) in [7, 11) is 0. The van der Waals surface area contributed by atoms with Gasteiger partial charge in [0.05, 0.1) is 0 Å². The van der Waals surface area contributed by atoms with Crippen molar-refractivity contribution >= 4 is 19.4 Å². The Kier molecular flexibility index (Phi) is 4.07. The van der Waals surface area contributed by atoms with Gasteiger partial charge >= 0.3 is 126 Å². The topological polar surface area (TPSA) is 9.23 Å². The molecule has 0 saturated carbocycles. The molecule has 2 heteroatoms. The summed E-state index contributed by atoms with van der Waals surface area (Å²) in [6.45, 7) is 4.81. The first-order valence-corrected chi connectivity index (χ1v) is 8.89. The van der Waals surface area contributed by atoms with Crippen LogP contribution in [0.1, 0.15) is 12.0 Å². The molecule has 0 N–H and O–H groups in total. The Labute approximate surface area is 126 Å². The number of hydrogen-bond acceptors (Lipinski definition) is 1. The van der Waals surface area contributed by atoms with Crippen molar-refractivity contribution in [1.29, 1.82) is 0 Å². The molecule has 3 rings (SSSR count). The molecular formula is C18H18OSe. The first kappa shape index (κ1) is 13.6. The van der Waals surface area contributed by atoms with Crippen LogP contribution in [0.4, 0.5) is 0 Å². The van der Waals surface area contributed by atoms with Crippen molar-refractivity contribution in [1.82, 2.24) is 0 Å². The van der Waals surface area contributed by atoms with Crippen molar-refractivity contribution in [3.8, 4) is 0 Å². The van der Waals surface area contributed by atoms with E-state index in [1.165, 1.54) is 15.6 Å². The second kappa shape index (κ2) is 5.97. The second-order valence-corrected chi connectivity index (χ2v) is 7.38. The van der Waals surface area contributed by atoms with Crippen LogP contribution in [-0.4, -0.2) is 21.6 Å². The molecule has 1 heterocycles. The molecule has 1 fully saturated rings. The molecule has 1 atom stereocenters. The van der Waals surface area contributed by atoms with Crippen LogP contribution in [0, 0.1) is 0 Å². The fourth-order valence-corrected chi connectivity index (χ4v) is 4.88. The van der Waals surface area contributed by atoms with Gasteiger partial charge in [0, 0.05) is 0 Å². The van der Waals surface area contributed by atoms with Crippen LogP contribution >= 0.6 is 0 Å². The van der Waals surface area contributed by atoms with E-state index in [9.17, 15) is 0 Å². The third kappa shape index (κ3) is 2.88. The van der Waals surface area contributed by atoms with E-state index in [4.69, 9.17) is 4.74 Å². The van der Waals surface area contributed by atoms with E-state index in [1.807, 2.05) is 0 Å². The van der Waals surface area contributed by atoms with Crippen LogP contribution in [0.2, 0.25) is 5.32 Å². The van der Waals surface area contributed by atoms with Gasteiger partial charge < -0.3 is 0 Å². The minimum atomic E-state index is -0.159. The normalized spacial score (nSPS) is 22.1. The molecule has 102 valence electrons. The van der Waals surface area contributed by atoms with Crippen molar-refractivity contribution in [3.05, 3.63) is 78.4 Å². The van der Waals surface area contributed by atoms with E-state index in [2.05, 4.69) is 67.2 Å².